The quantitative estimate of drug-likeness (QED) is 0.773. The van der Waals surface area contributed by atoms with Crippen molar-refractivity contribution >= 4 is 18.3 Å². The number of hydrogen-bond donors (Lipinski definition) is 2. The van der Waals surface area contributed by atoms with Crippen LogP contribution in [0.5, 0.6) is 0 Å². The van der Waals surface area contributed by atoms with E-state index in [0.29, 0.717) is 18.6 Å². The van der Waals surface area contributed by atoms with Crippen LogP contribution in [-0.2, 0) is 9.53 Å². The summed E-state index contributed by atoms with van der Waals surface area (Å²) in [6.07, 6.45) is 3.48. The van der Waals surface area contributed by atoms with Crippen LogP contribution in [0.4, 0.5) is 0 Å². The van der Waals surface area contributed by atoms with Gasteiger partial charge in [-0.05, 0) is 18.3 Å². The zero-order valence-corrected chi connectivity index (χ0v) is 10.6. The molecule has 16 heavy (non-hydrogen) atoms. The van der Waals surface area contributed by atoms with Crippen molar-refractivity contribution in [3.05, 3.63) is 0 Å². The van der Waals surface area contributed by atoms with Gasteiger partial charge in [0, 0.05) is 19.6 Å². The third-order valence-corrected chi connectivity index (χ3v) is 3.47. The molecule has 5 heteroatoms. The van der Waals surface area contributed by atoms with Crippen LogP contribution in [0.1, 0.15) is 26.2 Å². The molecule has 0 aromatic heterocycles. The number of halogens is 1. The van der Waals surface area contributed by atoms with E-state index in [4.69, 9.17) is 4.74 Å². The first kappa shape index (κ1) is 13.7. The maximum Gasteiger partial charge on any atom is 0.250 e. The molecule has 0 aromatic rings. The number of amides is 1. The Balaban J connectivity index is 0.00000128. The van der Waals surface area contributed by atoms with Gasteiger partial charge in [0.05, 0.1) is 6.61 Å². The molecule has 0 spiro atoms. The Labute approximate surface area is 103 Å². The minimum atomic E-state index is -0.289. The maximum atomic E-state index is 11.7. The normalized spacial score (nSPS) is 27.4. The van der Waals surface area contributed by atoms with Crippen LogP contribution in [0.3, 0.4) is 0 Å². The van der Waals surface area contributed by atoms with Gasteiger partial charge in [-0.25, -0.2) is 0 Å². The van der Waals surface area contributed by atoms with Crippen LogP contribution in [0.25, 0.3) is 0 Å². The monoisotopic (exact) mass is 248 g/mol. The van der Waals surface area contributed by atoms with Gasteiger partial charge in [-0.15, -0.1) is 12.4 Å². The first-order valence-electron chi connectivity index (χ1n) is 5.80. The van der Waals surface area contributed by atoms with Gasteiger partial charge in [0.25, 0.3) is 0 Å². The topological polar surface area (TPSA) is 50.4 Å². The van der Waals surface area contributed by atoms with Crippen LogP contribution in [0.15, 0.2) is 0 Å². The SMILES string of the molecule is CC1(CNC(=O)[C@H]2CNCCO2)CCC1.Cl. The van der Waals surface area contributed by atoms with Gasteiger partial charge >= 0.3 is 0 Å². The van der Waals surface area contributed by atoms with Gasteiger partial charge in [-0.2, -0.15) is 0 Å². The van der Waals surface area contributed by atoms with Gasteiger partial charge < -0.3 is 15.4 Å². The Morgan fingerprint density at radius 1 is 1.56 bits per heavy atom. The van der Waals surface area contributed by atoms with E-state index in [9.17, 15) is 4.79 Å². The van der Waals surface area contributed by atoms with Crippen molar-refractivity contribution in [1.82, 2.24) is 10.6 Å². The second kappa shape index (κ2) is 5.84. The lowest BCUT2D eigenvalue weighted by molar-refractivity contribution is -0.135. The summed E-state index contributed by atoms with van der Waals surface area (Å²) in [7, 11) is 0. The largest absolute Gasteiger partial charge is 0.366 e. The summed E-state index contributed by atoms with van der Waals surface area (Å²) in [5, 5.41) is 6.15. The van der Waals surface area contributed by atoms with Crippen molar-refractivity contribution in [2.45, 2.75) is 32.3 Å². The van der Waals surface area contributed by atoms with Crippen molar-refractivity contribution in [3.63, 3.8) is 0 Å². The summed E-state index contributed by atoms with van der Waals surface area (Å²) in [4.78, 5) is 11.7. The highest BCUT2D eigenvalue weighted by Crippen LogP contribution is 2.39. The van der Waals surface area contributed by atoms with E-state index < -0.39 is 0 Å². The Hall–Kier alpha value is -0.320. The lowest BCUT2D eigenvalue weighted by atomic mass is 9.70. The molecular weight excluding hydrogens is 228 g/mol. The zero-order valence-electron chi connectivity index (χ0n) is 9.75. The molecule has 1 saturated carbocycles. The van der Waals surface area contributed by atoms with Crippen molar-refractivity contribution in [2.75, 3.05) is 26.2 Å². The van der Waals surface area contributed by atoms with Gasteiger partial charge in [0.1, 0.15) is 6.10 Å². The third kappa shape index (κ3) is 3.34. The Bertz CT molecular complexity index is 238. The smallest absolute Gasteiger partial charge is 0.250 e. The maximum absolute atomic E-state index is 11.7. The molecule has 94 valence electrons. The molecule has 1 atom stereocenters. The molecule has 1 heterocycles. The van der Waals surface area contributed by atoms with Crippen LogP contribution in [0, 0.1) is 5.41 Å². The average molecular weight is 249 g/mol. The van der Waals surface area contributed by atoms with Crippen LogP contribution in [0.2, 0.25) is 0 Å². The molecule has 2 aliphatic rings. The predicted octanol–water partition coefficient (Wildman–Crippen LogP) is 0.703. The summed E-state index contributed by atoms with van der Waals surface area (Å²) in [5.41, 5.74) is 0.345. The number of nitrogens with one attached hydrogen (secondary N) is 2. The number of morpholine rings is 1. The van der Waals surface area contributed by atoms with Crippen LogP contribution >= 0.6 is 12.4 Å². The van der Waals surface area contributed by atoms with E-state index in [-0.39, 0.29) is 24.4 Å². The van der Waals surface area contributed by atoms with Gasteiger partial charge in [-0.3, -0.25) is 4.79 Å². The summed E-state index contributed by atoms with van der Waals surface area (Å²) in [6.45, 7) is 5.15. The highest BCUT2D eigenvalue weighted by Gasteiger charge is 2.33. The summed E-state index contributed by atoms with van der Waals surface area (Å²) in [6, 6.07) is 0. The molecule has 2 N–H and O–H groups in total. The van der Waals surface area contributed by atoms with Crippen molar-refractivity contribution in [1.29, 1.82) is 0 Å². The molecular formula is C11H21ClN2O2. The fraction of sp³-hybridized carbons (Fsp3) is 0.909. The molecule has 2 fully saturated rings. The van der Waals surface area contributed by atoms with Crippen LogP contribution in [-0.4, -0.2) is 38.3 Å². The highest BCUT2D eigenvalue weighted by atomic mass is 35.5. The van der Waals surface area contributed by atoms with E-state index in [1.807, 2.05) is 0 Å². The van der Waals surface area contributed by atoms with Crippen molar-refractivity contribution in [3.8, 4) is 0 Å². The molecule has 1 saturated heterocycles. The van der Waals surface area contributed by atoms with Crippen LogP contribution < -0.4 is 10.6 Å². The van der Waals surface area contributed by atoms with Gasteiger partial charge in [-0.1, -0.05) is 13.3 Å². The molecule has 1 aliphatic heterocycles. The second-order valence-corrected chi connectivity index (χ2v) is 4.95. The number of carbonyl (C=O) groups is 1. The molecule has 1 aliphatic carbocycles. The Morgan fingerprint density at radius 3 is 2.81 bits per heavy atom. The van der Waals surface area contributed by atoms with E-state index in [1.165, 1.54) is 19.3 Å². The summed E-state index contributed by atoms with van der Waals surface area (Å²) < 4.78 is 5.38. The van der Waals surface area contributed by atoms with Crippen molar-refractivity contribution < 1.29 is 9.53 Å². The highest BCUT2D eigenvalue weighted by molar-refractivity contribution is 5.85. The molecule has 0 bridgehead atoms. The number of carbonyl (C=O) groups excluding carboxylic acids is 1. The molecule has 0 unspecified atom stereocenters. The van der Waals surface area contributed by atoms with E-state index >= 15 is 0 Å². The minimum absolute atomic E-state index is 0. The molecule has 1 amide bonds. The minimum Gasteiger partial charge on any atom is -0.366 e. The Kier molecular flexibility index (Phi) is 5.02. The Morgan fingerprint density at radius 2 is 2.31 bits per heavy atom. The van der Waals surface area contributed by atoms with E-state index in [0.717, 1.165) is 13.1 Å². The molecule has 0 aromatic carbocycles. The van der Waals surface area contributed by atoms with E-state index in [1.54, 1.807) is 0 Å². The van der Waals surface area contributed by atoms with Gasteiger partial charge in [0.2, 0.25) is 5.91 Å². The summed E-state index contributed by atoms with van der Waals surface area (Å²) >= 11 is 0. The average Bonchev–Trinajstić information content (AvgIpc) is 2.24. The fourth-order valence-electron chi connectivity index (χ4n) is 2.11. The lowest BCUT2D eigenvalue weighted by Gasteiger charge is -2.38. The molecule has 0 radical (unpaired) electrons. The third-order valence-electron chi connectivity index (χ3n) is 3.47. The summed E-state index contributed by atoms with van der Waals surface area (Å²) in [5.74, 6) is 0.0373. The number of rotatable bonds is 3. The lowest BCUT2D eigenvalue weighted by Crippen LogP contribution is -2.50. The van der Waals surface area contributed by atoms with Crippen molar-refractivity contribution in [2.24, 2.45) is 5.41 Å². The number of hydrogen-bond acceptors (Lipinski definition) is 3. The first-order valence-corrected chi connectivity index (χ1v) is 5.80. The number of ether oxygens (including phenoxy) is 1. The van der Waals surface area contributed by atoms with E-state index in [2.05, 4.69) is 17.6 Å². The second-order valence-electron chi connectivity index (χ2n) is 4.95. The molecule has 2 rings (SSSR count). The fourth-order valence-corrected chi connectivity index (χ4v) is 2.11. The predicted molar refractivity (Wildman–Crippen MR) is 64.8 cm³/mol. The molecule has 4 nitrogen and oxygen atoms in total. The first-order chi connectivity index (χ1) is 7.20. The standard InChI is InChI=1S/C11H20N2O2.ClH/c1-11(3-2-4-11)8-13-10(14)9-7-12-5-6-15-9;/h9,12H,2-8H2,1H3,(H,13,14);1H/t9-;/m1./s1. The van der Waals surface area contributed by atoms with Gasteiger partial charge in [0.15, 0.2) is 0 Å². The zero-order chi connectivity index (χ0) is 10.7.